The van der Waals surface area contributed by atoms with E-state index in [1.54, 1.807) is 6.08 Å². The third kappa shape index (κ3) is 21.3. The molecule has 4 nitrogen and oxygen atoms in total. The fourth-order valence-corrected chi connectivity index (χ4v) is 2.07. The zero-order valence-corrected chi connectivity index (χ0v) is 18.2. The molecule has 0 rings (SSSR count). The molecule has 0 aliphatic heterocycles. The maximum atomic E-state index is 11.4. The van der Waals surface area contributed by atoms with E-state index in [0.29, 0.717) is 6.42 Å². The van der Waals surface area contributed by atoms with Crippen LogP contribution in [0.5, 0.6) is 0 Å². The van der Waals surface area contributed by atoms with Crippen molar-refractivity contribution < 1.29 is 19.1 Å². The number of ketones is 1. The Morgan fingerprint density at radius 1 is 0.600 bits per heavy atom. The predicted octanol–water partition coefficient (Wildman–Crippen LogP) is 6.29. The number of carbonyl (C=O) groups excluding carboxylic acids is 3. The average Bonchev–Trinajstić information content (AvgIpc) is 2.71. The van der Waals surface area contributed by atoms with Gasteiger partial charge < -0.3 is 4.74 Å². The summed E-state index contributed by atoms with van der Waals surface area (Å²) >= 11 is 0. The molecule has 30 heavy (non-hydrogen) atoms. The lowest BCUT2D eigenvalue weighted by molar-refractivity contribution is -0.155. The minimum Gasteiger partial charge on any atom is -0.390 e. The van der Waals surface area contributed by atoms with Gasteiger partial charge in [0.25, 0.3) is 0 Å². The first kappa shape index (κ1) is 27.0. The van der Waals surface area contributed by atoms with Crippen molar-refractivity contribution in [1.29, 1.82) is 0 Å². The molecule has 0 aromatic heterocycles. The third-order valence-electron chi connectivity index (χ3n) is 3.55. The predicted molar refractivity (Wildman–Crippen MR) is 124 cm³/mol. The fourth-order valence-electron chi connectivity index (χ4n) is 2.07. The highest BCUT2D eigenvalue weighted by molar-refractivity contribution is 5.98. The van der Waals surface area contributed by atoms with Gasteiger partial charge in [-0.1, -0.05) is 79.8 Å². The lowest BCUT2D eigenvalue weighted by Gasteiger charge is -1.95. The van der Waals surface area contributed by atoms with Crippen LogP contribution in [0.1, 0.15) is 58.8 Å². The van der Waals surface area contributed by atoms with Gasteiger partial charge in [-0.05, 0) is 51.5 Å². The van der Waals surface area contributed by atoms with E-state index in [1.165, 1.54) is 6.92 Å². The molecule has 0 N–H and O–H groups in total. The van der Waals surface area contributed by atoms with Gasteiger partial charge in [0, 0.05) is 6.08 Å². The zero-order chi connectivity index (χ0) is 22.3. The summed E-state index contributed by atoms with van der Waals surface area (Å²) in [5.41, 5.74) is 0. The van der Waals surface area contributed by atoms with Gasteiger partial charge in [0.15, 0.2) is 5.78 Å². The summed E-state index contributed by atoms with van der Waals surface area (Å²) in [6.45, 7) is 3.44. The standard InChI is InChI=1S/C26H34O4/c1-3-4-5-6-7-8-9-10-11-12-13-14-15-16-17-18-19-20-21-25(28)30-26(29)23-22-24(2)27/h4-5,7-8,10-11,13-14,16-17,19-20,22-23H,3,6,9,12,15,18,21H2,1-2H3/b5-4-,8-7-,11-10-,14-13-,17-16-,20-19-,23-22+. The molecular formula is C26H34O4. The number of rotatable bonds is 15. The molecule has 0 spiro atoms. The summed E-state index contributed by atoms with van der Waals surface area (Å²) in [7, 11) is 0. The molecular weight excluding hydrogens is 376 g/mol. The number of esters is 2. The summed E-state index contributed by atoms with van der Waals surface area (Å²) in [4.78, 5) is 33.3. The fraction of sp³-hybridized carbons (Fsp3) is 0.346. The van der Waals surface area contributed by atoms with Crippen LogP contribution >= 0.6 is 0 Å². The van der Waals surface area contributed by atoms with E-state index >= 15 is 0 Å². The van der Waals surface area contributed by atoms with E-state index < -0.39 is 11.9 Å². The Bertz CT molecular complexity index is 701. The Balaban J connectivity index is 3.75. The van der Waals surface area contributed by atoms with Crippen LogP contribution in [0.15, 0.2) is 85.1 Å². The maximum absolute atomic E-state index is 11.4. The first-order chi connectivity index (χ1) is 14.6. The van der Waals surface area contributed by atoms with E-state index in [9.17, 15) is 14.4 Å². The zero-order valence-electron chi connectivity index (χ0n) is 18.2. The molecule has 0 amide bonds. The van der Waals surface area contributed by atoms with E-state index in [4.69, 9.17) is 0 Å². The van der Waals surface area contributed by atoms with Crippen molar-refractivity contribution in [2.24, 2.45) is 0 Å². The molecule has 0 atom stereocenters. The van der Waals surface area contributed by atoms with Gasteiger partial charge in [-0.2, -0.15) is 0 Å². The van der Waals surface area contributed by atoms with Gasteiger partial charge in [0.1, 0.15) is 0 Å². The summed E-state index contributed by atoms with van der Waals surface area (Å²) in [6.07, 6.45) is 32.5. The molecule has 0 fully saturated rings. The highest BCUT2D eigenvalue weighted by atomic mass is 16.6. The van der Waals surface area contributed by atoms with E-state index in [1.807, 2.05) is 12.2 Å². The van der Waals surface area contributed by atoms with Crippen molar-refractivity contribution in [2.75, 3.05) is 0 Å². The van der Waals surface area contributed by atoms with Gasteiger partial charge in [-0.25, -0.2) is 4.79 Å². The Morgan fingerprint density at radius 3 is 1.40 bits per heavy atom. The minimum atomic E-state index is -0.832. The smallest absolute Gasteiger partial charge is 0.338 e. The van der Waals surface area contributed by atoms with Crippen LogP contribution in [-0.2, 0) is 19.1 Å². The molecule has 0 radical (unpaired) electrons. The summed E-state index contributed by atoms with van der Waals surface area (Å²) in [5, 5.41) is 0. The van der Waals surface area contributed by atoms with E-state index in [0.717, 1.165) is 44.3 Å². The SMILES string of the molecule is CC/C=C\C/C=C\C/C=C\C/C=C\C/C=C\C/C=C\CC(=O)OC(=O)/C=C/C(C)=O. The van der Waals surface area contributed by atoms with Crippen LogP contribution in [0.2, 0.25) is 0 Å². The second-order valence-corrected chi connectivity index (χ2v) is 6.36. The maximum Gasteiger partial charge on any atom is 0.338 e. The molecule has 0 heterocycles. The third-order valence-corrected chi connectivity index (χ3v) is 3.55. The van der Waals surface area contributed by atoms with Crippen molar-refractivity contribution >= 4 is 17.7 Å². The first-order valence-corrected chi connectivity index (χ1v) is 10.4. The molecule has 0 aromatic carbocycles. The highest BCUT2D eigenvalue weighted by Crippen LogP contribution is 1.97. The van der Waals surface area contributed by atoms with Crippen LogP contribution in [-0.4, -0.2) is 17.7 Å². The van der Waals surface area contributed by atoms with Gasteiger partial charge in [0.2, 0.25) is 0 Å². The molecule has 0 saturated carbocycles. The molecule has 0 bridgehead atoms. The quantitative estimate of drug-likeness (QED) is 0.138. The van der Waals surface area contributed by atoms with Crippen molar-refractivity contribution in [3.63, 3.8) is 0 Å². The second kappa shape index (κ2) is 20.7. The van der Waals surface area contributed by atoms with Crippen molar-refractivity contribution in [2.45, 2.75) is 58.8 Å². The van der Waals surface area contributed by atoms with E-state index in [2.05, 4.69) is 66.3 Å². The second-order valence-electron chi connectivity index (χ2n) is 6.36. The molecule has 0 aliphatic rings. The Labute approximate surface area is 181 Å². The Kier molecular flexibility index (Phi) is 18.6. The van der Waals surface area contributed by atoms with E-state index in [-0.39, 0.29) is 12.2 Å². The van der Waals surface area contributed by atoms with Crippen molar-refractivity contribution in [3.8, 4) is 0 Å². The summed E-state index contributed by atoms with van der Waals surface area (Å²) in [5.74, 6) is -1.76. The van der Waals surface area contributed by atoms with Crippen LogP contribution < -0.4 is 0 Å². The number of hydrogen-bond acceptors (Lipinski definition) is 4. The highest BCUT2D eigenvalue weighted by Gasteiger charge is 2.05. The molecule has 0 unspecified atom stereocenters. The monoisotopic (exact) mass is 410 g/mol. The van der Waals surface area contributed by atoms with Gasteiger partial charge in [-0.3, -0.25) is 9.59 Å². The summed E-state index contributed by atoms with van der Waals surface area (Å²) < 4.78 is 4.53. The first-order valence-electron chi connectivity index (χ1n) is 10.4. The molecule has 0 saturated heterocycles. The largest absolute Gasteiger partial charge is 0.390 e. The molecule has 4 heteroatoms. The number of ether oxygens (including phenoxy) is 1. The van der Waals surface area contributed by atoms with Crippen LogP contribution in [0.4, 0.5) is 0 Å². The lowest BCUT2D eigenvalue weighted by Crippen LogP contribution is -2.09. The normalized spacial score (nSPS) is 12.7. The van der Waals surface area contributed by atoms with Gasteiger partial charge >= 0.3 is 11.9 Å². The average molecular weight is 411 g/mol. The molecule has 162 valence electrons. The number of allylic oxidation sites excluding steroid dienone is 12. The number of hydrogen-bond donors (Lipinski definition) is 0. The van der Waals surface area contributed by atoms with Crippen LogP contribution in [0.3, 0.4) is 0 Å². The number of carbonyl (C=O) groups is 3. The molecule has 0 aliphatic carbocycles. The topological polar surface area (TPSA) is 60.4 Å². The van der Waals surface area contributed by atoms with Crippen molar-refractivity contribution in [3.05, 3.63) is 85.1 Å². The lowest BCUT2D eigenvalue weighted by atomic mass is 10.2. The summed E-state index contributed by atoms with van der Waals surface area (Å²) in [6, 6.07) is 0. The van der Waals surface area contributed by atoms with Gasteiger partial charge in [0.05, 0.1) is 6.42 Å². The van der Waals surface area contributed by atoms with Crippen LogP contribution in [0.25, 0.3) is 0 Å². The van der Waals surface area contributed by atoms with Crippen molar-refractivity contribution in [1.82, 2.24) is 0 Å². The van der Waals surface area contributed by atoms with Crippen LogP contribution in [0, 0.1) is 0 Å². The minimum absolute atomic E-state index is 0.0182. The Hall–Kier alpha value is -3.01. The Morgan fingerprint density at radius 2 is 1.00 bits per heavy atom. The van der Waals surface area contributed by atoms with Gasteiger partial charge in [-0.15, -0.1) is 0 Å². The molecule has 0 aromatic rings.